The molecule has 1 aliphatic heterocycles. The monoisotopic (exact) mass is 408 g/mol. The molecule has 2 rings (SSSR count). The maximum atomic E-state index is 13.9. The molecule has 1 N–H and O–H groups in total. The molecule has 2 amide bonds. The Labute approximate surface area is 158 Å². The number of carbonyl (C=O) groups excluding carboxylic acids is 2. The van der Waals surface area contributed by atoms with Gasteiger partial charge < -0.3 is 14.9 Å². The summed E-state index contributed by atoms with van der Waals surface area (Å²) in [7, 11) is 1.41. The van der Waals surface area contributed by atoms with Crippen LogP contribution in [0.3, 0.4) is 0 Å². The minimum Gasteiger partial charge on any atom is -0.373 e. The van der Waals surface area contributed by atoms with Crippen LogP contribution in [-0.4, -0.2) is 64.7 Å². The van der Waals surface area contributed by atoms with E-state index in [1.54, 1.807) is 6.92 Å². The number of benzene rings is 1. The van der Waals surface area contributed by atoms with E-state index >= 15 is 0 Å². The fraction of sp³-hybridized carbons (Fsp3) is 0.556. The van der Waals surface area contributed by atoms with Gasteiger partial charge >= 0.3 is 6.18 Å². The first-order chi connectivity index (χ1) is 12.8. The highest BCUT2D eigenvalue weighted by atomic mass is 19.4. The largest absolute Gasteiger partial charge is 0.426 e. The van der Waals surface area contributed by atoms with Gasteiger partial charge in [0.05, 0.1) is 5.56 Å². The molecule has 1 aliphatic rings. The van der Waals surface area contributed by atoms with Crippen LogP contribution in [0.4, 0.5) is 22.0 Å². The molecule has 3 atom stereocenters. The van der Waals surface area contributed by atoms with Gasteiger partial charge in [0.25, 0.3) is 11.8 Å². The van der Waals surface area contributed by atoms with Gasteiger partial charge in [-0.25, -0.2) is 8.78 Å². The first-order valence-corrected chi connectivity index (χ1v) is 8.58. The Hall–Kier alpha value is -2.23. The maximum absolute atomic E-state index is 13.9. The predicted molar refractivity (Wildman–Crippen MR) is 89.3 cm³/mol. The molecule has 0 aliphatic carbocycles. The minimum absolute atomic E-state index is 0.108. The highest BCUT2D eigenvalue weighted by molar-refractivity contribution is 5.94. The second-order valence-corrected chi connectivity index (χ2v) is 7.19. The van der Waals surface area contributed by atoms with Crippen molar-refractivity contribution in [3.63, 3.8) is 0 Å². The molecule has 28 heavy (non-hydrogen) atoms. The topological polar surface area (TPSA) is 60.9 Å². The van der Waals surface area contributed by atoms with Crippen LogP contribution in [0.1, 0.15) is 30.6 Å². The normalized spacial score (nSPS) is 22.5. The van der Waals surface area contributed by atoms with Gasteiger partial charge in [-0.2, -0.15) is 13.2 Å². The molecule has 10 heteroatoms. The number of carbonyl (C=O) groups is 2. The molecule has 156 valence electrons. The van der Waals surface area contributed by atoms with Gasteiger partial charge in [0.15, 0.2) is 0 Å². The number of amides is 2. The number of likely N-dealkylation sites (tertiary alicyclic amines) is 1. The molecule has 0 bridgehead atoms. The van der Waals surface area contributed by atoms with Gasteiger partial charge in [0, 0.05) is 32.2 Å². The van der Waals surface area contributed by atoms with Crippen molar-refractivity contribution >= 4 is 11.8 Å². The van der Waals surface area contributed by atoms with Crippen LogP contribution < -0.4 is 0 Å². The molecule has 0 aromatic heterocycles. The van der Waals surface area contributed by atoms with Gasteiger partial charge in [0.2, 0.25) is 5.60 Å². The molecule has 1 aromatic rings. The van der Waals surface area contributed by atoms with Crippen LogP contribution in [0.25, 0.3) is 0 Å². The van der Waals surface area contributed by atoms with Gasteiger partial charge in [0.1, 0.15) is 11.6 Å². The van der Waals surface area contributed by atoms with Gasteiger partial charge in [-0.15, -0.1) is 0 Å². The molecular weight excluding hydrogens is 387 g/mol. The fourth-order valence-corrected chi connectivity index (χ4v) is 3.33. The number of hydrogen-bond acceptors (Lipinski definition) is 3. The van der Waals surface area contributed by atoms with Gasteiger partial charge in [-0.3, -0.25) is 9.59 Å². The van der Waals surface area contributed by atoms with Gasteiger partial charge in [-0.1, -0.05) is 6.92 Å². The number of nitrogens with zero attached hydrogens (tertiary/aromatic N) is 2. The molecule has 0 saturated carbocycles. The second-order valence-electron chi connectivity index (χ2n) is 7.19. The summed E-state index contributed by atoms with van der Waals surface area (Å²) in [4.78, 5) is 26.8. The maximum Gasteiger partial charge on any atom is 0.426 e. The van der Waals surface area contributed by atoms with Crippen molar-refractivity contribution < 1.29 is 36.6 Å². The van der Waals surface area contributed by atoms with E-state index in [1.165, 1.54) is 11.9 Å². The third kappa shape index (κ3) is 4.11. The van der Waals surface area contributed by atoms with Crippen molar-refractivity contribution in [2.75, 3.05) is 20.1 Å². The highest BCUT2D eigenvalue weighted by Crippen LogP contribution is 2.33. The first kappa shape index (κ1) is 22.1. The van der Waals surface area contributed by atoms with Gasteiger partial charge in [-0.05, 0) is 31.4 Å². The Kier molecular flexibility index (Phi) is 6.03. The molecule has 1 saturated heterocycles. The van der Waals surface area contributed by atoms with Crippen molar-refractivity contribution in [1.29, 1.82) is 0 Å². The van der Waals surface area contributed by atoms with E-state index in [0.29, 0.717) is 13.0 Å². The third-order valence-corrected chi connectivity index (χ3v) is 5.09. The molecule has 5 nitrogen and oxygen atoms in total. The van der Waals surface area contributed by atoms with Crippen LogP contribution in [0.2, 0.25) is 0 Å². The zero-order chi connectivity index (χ0) is 21.4. The number of piperidine rings is 1. The molecule has 1 unspecified atom stereocenters. The molecule has 1 fully saturated rings. The summed E-state index contributed by atoms with van der Waals surface area (Å²) >= 11 is 0. The number of aliphatic hydroxyl groups is 1. The van der Waals surface area contributed by atoms with E-state index in [0.717, 1.165) is 17.0 Å². The van der Waals surface area contributed by atoms with E-state index in [-0.39, 0.29) is 25.1 Å². The Morgan fingerprint density at radius 3 is 2.36 bits per heavy atom. The van der Waals surface area contributed by atoms with E-state index in [2.05, 4.69) is 0 Å². The lowest BCUT2D eigenvalue weighted by atomic mass is 9.90. The number of alkyl halides is 3. The average molecular weight is 408 g/mol. The SMILES string of the molecule is C[C@H]1CN(C(=O)C(C)(O)C(F)(F)F)CC[C@H]1N(C)C(=O)c1ccc(F)cc1F. The third-order valence-electron chi connectivity index (χ3n) is 5.09. The standard InChI is InChI=1S/C18H21F5N2O3/c1-10-9-25(16(27)17(2,28)18(21,22)23)7-6-14(10)24(3)15(26)12-5-4-11(19)8-13(12)20/h4-5,8,10,14,28H,6-7,9H2,1-3H3/t10-,14+,17?/m0/s1. The lowest BCUT2D eigenvalue weighted by Gasteiger charge is -2.43. The lowest BCUT2D eigenvalue weighted by molar-refractivity contribution is -0.251. The minimum atomic E-state index is -5.11. The summed E-state index contributed by atoms with van der Waals surface area (Å²) in [6, 6.07) is 2.09. The van der Waals surface area contributed by atoms with Crippen molar-refractivity contribution in [2.24, 2.45) is 5.92 Å². The second kappa shape index (κ2) is 7.65. The molecular formula is C18H21F5N2O3. The van der Waals surface area contributed by atoms with E-state index in [9.17, 15) is 36.6 Å². The van der Waals surface area contributed by atoms with Crippen molar-refractivity contribution in [3.8, 4) is 0 Å². The number of rotatable bonds is 3. The Balaban J connectivity index is 2.11. The van der Waals surface area contributed by atoms with Crippen LogP contribution in [0.15, 0.2) is 18.2 Å². The van der Waals surface area contributed by atoms with Crippen molar-refractivity contribution in [3.05, 3.63) is 35.4 Å². The van der Waals surface area contributed by atoms with Crippen molar-refractivity contribution in [2.45, 2.75) is 38.1 Å². The molecule has 0 radical (unpaired) electrons. The number of halogens is 5. The van der Waals surface area contributed by atoms with Crippen LogP contribution in [0.5, 0.6) is 0 Å². The van der Waals surface area contributed by atoms with Crippen molar-refractivity contribution in [1.82, 2.24) is 9.80 Å². The Bertz CT molecular complexity index is 766. The number of hydrogen-bond donors (Lipinski definition) is 1. The first-order valence-electron chi connectivity index (χ1n) is 8.58. The predicted octanol–water partition coefficient (Wildman–Crippen LogP) is 2.59. The average Bonchev–Trinajstić information content (AvgIpc) is 2.58. The van der Waals surface area contributed by atoms with E-state index in [4.69, 9.17) is 0 Å². The van der Waals surface area contributed by atoms with E-state index in [1.807, 2.05) is 0 Å². The smallest absolute Gasteiger partial charge is 0.373 e. The molecule has 0 spiro atoms. The van der Waals surface area contributed by atoms with Crippen LogP contribution in [0, 0.1) is 17.6 Å². The summed E-state index contributed by atoms with van der Waals surface area (Å²) in [5.41, 5.74) is -3.83. The molecule has 1 heterocycles. The summed E-state index contributed by atoms with van der Waals surface area (Å²) in [5, 5.41) is 9.57. The summed E-state index contributed by atoms with van der Waals surface area (Å²) < 4.78 is 65.6. The summed E-state index contributed by atoms with van der Waals surface area (Å²) in [6.45, 7) is 1.82. The lowest BCUT2D eigenvalue weighted by Crippen LogP contribution is -2.60. The molecule has 1 aromatic carbocycles. The van der Waals surface area contributed by atoms with Crippen LogP contribution >= 0.6 is 0 Å². The van der Waals surface area contributed by atoms with E-state index < -0.39 is 47.2 Å². The Morgan fingerprint density at radius 1 is 1.25 bits per heavy atom. The van der Waals surface area contributed by atoms with Crippen LogP contribution in [-0.2, 0) is 4.79 Å². The summed E-state index contributed by atoms with van der Waals surface area (Å²) in [6.07, 6.45) is -4.97. The summed E-state index contributed by atoms with van der Waals surface area (Å²) in [5.74, 6) is -4.42. The quantitative estimate of drug-likeness (QED) is 0.783. The Morgan fingerprint density at radius 2 is 1.86 bits per heavy atom. The zero-order valence-corrected chi connectivity index (χ0v) is 15.6. The highest BCUT2D eigenvalue weighted by Gasteiger charge is 2.57. The zero-order valence-electron chi connectivity index (χ0n) is 15.6. The fourth-order valence-electron chi connectivity index (χ4n) is 3.33.